The molecule has 0 aliphatic heterocycles. The van der Waals surface area contributed by atoms with Crippen molar-refractivity contribution in [3.8, 4) is 0 Å². The first kappa shape index (κ1) is 14.6. The van der Waals surface area contributed by atoms with Gasteiger partial charge in [-0.1, -0.05) is 19.4 Å². The number of aromatic nitrogens is 1. The molecule has 0 radical (unpaired) electrons. The summed E-state index contributed by atoms with van der Waals surface area (Å²) >= 11 is 0.847. The topological polar surface area (TPSA) is 12.9 Å². The van der Waals surface area contributed by atoms with Crippen LogP contribution >= 0.6 is 9.69 Å². The summed E-state index contributed by atoms with van der Waals surface area (Å²) in [5.74, 6) is 0. The van der Waals surface area contributed by atoms with Crippen molar-refractivity contribution in [2.24, 2.45) is 0 Å². The molecule has 1 heterocycles. The molecular weight excluding hydrogens is 223 g/mol. The molecule has 1 aromatic rings. The first-order chi connectivity index (χ1) is 5.91. The average Bonchev–Trinajstić information content (AvgIpc) is 2.24. The molecule has 12 heavy (non-hydrogen) atoms. The van der Waals surface area contributed by atoms with Crippen LogP contribution in [0, 0.1) is 6.92 Å². The van der Waals surface area contributed by atoms with Crippen LogP contribution in [-0.2, 0) is 17.3 Å². The largest absolute Gasteiger partial charge is 0.265 e. The third-order valence-corrected chi connectivity index (χ3v) is 0.920. The van der Waals surface area contributed by atoms with Crippen LogP contribution < -0.4 is 0 Å². The second-order valence-electron chi connectivity index (χ2n) is 1.88. The minimum absolute atomic E-state index is 0.847. The summed E-state index contributed by atoms with van der Waals surface area (Å²) in [6, 6.07) is 5.72. The smallest absolute Gasteiger partial charge is 0.0267 e. The molecule has 0 amide bonds. The van der Waals surface area contributed by atoms with Gasteiger partial charge in [-0.15, -0.1) is 0 Å². The molecule has 1 nitrogen and oxygen atoms in total. The van der Waals surface area contributed by atoms with Crippen molar-refractivity contribution in [2.75, 3.05) is 0 Å². The van der Waals surface area contributed by atoms with Crippen molar-refractivity contribution in [3.63, 3.8) is 0 Å². The van der Waals surface area contributed by atoms with Crippen molar-refractivity contribution in [1.29, 1.82) is 0 Å². The molecule has 0 spiro atoms. The molecular formula is C9H14ClNZn. The van der Waals surface area contributed by atoms with Crippen molar-refractivity contribution in [3.05, 3.63) is 37.5 Å². The van der Waals surface area contributed by atoms with Gasteiger partial charge < -0.3 is 6.92 Å². The molecule has 1 rings (SSSR count). The average molecular weight is 237 g/mol. The molecule has 0 unspecified atom stereocenters. The Hall–Kier alpha value is 0.0634. The van der Waals surface area contributed by atoms with Gasteiger partial charge in [0, 0.05) is 12.4 Å². The Kier molecular flexibility index (Phi) is 20.9. The number of hydrogen-bond acceptors (Lipinski definition) is 1. The molecule has 0 saturated heterocycles. The van der Waals surface area contributed by atoms with Crippen LogP contribution in [-0.4, -0.2) is 4.98 Å². The molecule has 0 aliphatic rings. The third-order valence-electron chi connectivity index (χ3n) is 0.920. The Bertz CT molecular complexity index is 106. The van der Waals surface area contributed by atoms with E-state index >= 15 is 0 Å². The van der Waals surface area contributed by atoms with Gasteiger partial charge in [0.25, 0.3) is 0 Å². The third kappa shape index (κ3) is 16.6. The van der Waals surface area contributed by atoms with Gasteiger partial charge in [-0.3, -0.25) is 4.98 Å². The fourth-order valence-corrected chi connectivity index (χ4v) is 0.313. The molecule has 0 aliphatic carbocycles. The van der Waals surface area contributed by atoms with Gasteiger partial charge in [0.15, 0.2) is 0 Å². The minimum Gasteiger partial charge on any atom is -0.265 e. The zero-order chi connectivity index (χ0) is 9.66. The van der Waals surface area contributed by atoms with Crippen LogP contribution in [0.3, 0.4) is 0 Å². The molecule has 0 N–H and O–H groups in total. The number of hydrogen-bond donors (Lipinski definition) is 0. The summed E-state index contributed by atoms with van der Waals surface area (Å²) in [6.07, 6.45) is 5.78. The number of pyridine rings is 1. The Morgan fingerprint density at radius 3 is 1.75 bits per heavy atom. The summed E-state index contributed by atoms with van der Waals surface area (Å²) in [6.45, 7) is 5.72. The summed E-state index contributed by atoms with van der Waals surface area (Å²) in [5, 5.41) is 0. The number of nitrogens with zero attached hydrogens (tertiary/aromatic N) is 1. The standard InChI is InChI=1S/C5H5N.C4H9.ClH.Zn/c1-2-4-6-5-3-1;1-3-4-2;;/h1-5H;1,3-4H2,2H3;1H;/q;-1;;+2/p-1. The zero-order valence-corrected chi connectivity index (χ0v) is 11.3. The van der Waals surface area contributed by atoms with E-state index in [0.717, 1.165) is 23.7 Å². The number of halogens is 1. The van der Waals surface area contributed by atoms with Gasteiger partial charge >= 0.3 is 27.0 Å². The van der Waals surface area contributed by atoms with E-state index in [1.54, 1.807) is 12.4 Å². The first-order valence-electron chi connectivity index (χ1n) is 3.82. The van der Waals surface area contributed by atoms with E-state index in [2.05, 4.69) is 18.8 Å². The van der Waals surface area contributed by atoms with Gasteiger partial charge in [-0.05, 0) is 12.1 Å². The summed E-state index contributed by atoms with van der Waals surface area (Å²) in [5.41, 5.74) is 0. The van der Waals surface area contributed by atoms with Crippen LogP contribution in [0.1, 0.15) is 19.8 Å². The van der Waals surface area contributed by atoms with Crippen molar-refractivity contribution in [2.45, 2.75) is 19.8 Å². The fraction of sp³-hybridized carbons (Fsp3) is 0.333. The maximum atomic E-state index is 4.76. The molecule has 0 atom stereocenters. The second-order valence-corrected chi connectivity index (χ2v) is 1.88. The molecule has 0 fully saturated rings. The normalized spacial score (nSPS) is 7.08. The Labute approximate surface area is 89.3 Å². The van der Waals surface area contributed by atoms with E-state index in [9.17, 15) is 0 Å². The van der Waals surface area contributed by atoms with Gasteiger partial charge in [-0.2, -0.15) is 6.42 Å². The van der Waals surface area contributed by atoms with E-state index in [1.807, 2.05) is 18.2 Å². The molecule has 0 bridgehead atoms. The number of unbranched alkanes of at least 4 members (excludes halogenated alkanes) is 1. The predicted octanol–water partition coefficient (Wildman–Crippen LogP) is 3.39. The summed E-state index contributed by atoms with van der Waals surface area (Å²) < 4.78 is 0. The van der Waals surface area contributed by atoms with Crippen molar-refractivity contribution >= 4 is 9.69 Å². The molecule has 0 saturated carbocycles. The van der Waals surface area contributed by atoms with Gasteiger partial charge in [0.2, 0.25) is 0 Å². The SMILES string of the molecule is [CH2-]CCC.[Cl][Zn+].c1ccncc1. The maximum absolute atomic E-state index is 4.76. The van der Waals surface area contributed by atoms with Crippen LogP contribution in [0.5, 0.6) is 0 Å². The molecule has 64 valence electrons. The Balaban J connectivity index is 0. The van der Waals surface area contributed by atoms with Crippen molar-refractivity contribution < 1.29 is 17.3 Å². The molecule has 3 heteroatoms. The van der Waals surface area contributed by atoms with Crippen LogP contribution in [0.15, 0.2) is 30.6 Å². The van der Waals surface area contributed by atoms with Crippen LogP contribution in [0.2, 0.25) is 0 Å². The molecule has 1 aromatic heterocycles. The van der Waals surface area contributed by atoms with Crippen LogP contribution in [0.4, 0.5) is 0 Å². The van der Waals surface area contributed by atoms with E-state index in [-0.39, 0.29) is 0 Å². The molecule has 0 aromatic carbocycles. The summed E-state index contributed by atoms with van der Waals surface area (Å²) in [7, 11) is 4.76. The van der Waals surface area contributed by atoms with E-state index in [1.165, 1.54) is 6.42 Å². The quantitative estimate of drug-likeness (QED) is 0.538. The summed E-state index contributed by atoms with van der Waals surface area (Å²) in [4.78, 5) is 3.78. The Morgan fingerprint density at radius 1 is 1.25 bits per heavy atom. The zero-order valence-electron chi connectivity index (χ0n) is 7.54. The fourth-order valence-electron chi connectivity index (χ4n) is 0.313. The maximum Gasteiger partial charge on any atom is 0.0267 e. The van der Waals surface area contributed by atoms with Gasteiger partial charge in [-0.25, -0.2) is 0 Å². The van der Waals surface area contributed by atoms with E-state index in [0.29, 0.717) is 0 Å². The monoisotopic (exact) mass is 235 g/mol. The predicted molar refractivity (Wildman–Crippen MR) is 50.4 cm³/mol. The number of rotatable bonds is 1. The van der Waals surface area contributed by atoms with Crippen LogP contribution in [0.25, 0.3) is 0 Å². The Morgan fingerprint density at radius 2 is 1.67 bits per heavy atom. The minimum atomic E-state index is 0.847. The van der Waals surface area contributed by atoms with Gasteiger partial charge in [0.1, 0.15) is 0 Å². The first-order valence-corrected chi connectivity index (χ1v) is 7.72. The van der Waals surface area contributed by atoms with E-state index < -0.39 is 0 Å². The van der Waals surface area contributed by atoms with Crippen molar-refractivity contribution in [1.82, 2.24) is 4.98 Å². The van der Waals surface area contributed by atoms with E-state index in [4.69, 9.17) is 9.69 Å². The second kappa shape index (κ2) is 17.2. The van der Waals surface area contributed by atoms with Gasteiger partial charge in [0.05, 0.1) is 0 Å².